The quantitative estimate of drug-likeness (QED) is 0.524. The highest BCUT2D eigenvalue weighted by Gasteiger charge is 2.13. The van der Waals surface area contributed by atoms with E-state index >= 15 is 0 Å². The van der Waals surface area contributed by atoms with Crippen LogP contribution < -0.4 is 10.6 Å². The fourth-order valence-corrected chi connectivity index (χ4v) is 3.32. The number of halogens is 2. The molecular weight excluding hydrogens is 358 g/mol. The summed E-state index contributed by atoms with van der Waals surface area (Å²) in [6.07, 6.45) is 0. The van der Waals surface area contributed by atoms with Crippen LogP contribution in [-0.4, -0.2) is 14.9 Å². The van der Waals surface area contributed by atoms with Gasteiger partial charge in [-0.25, -0.2) is 13.5 Å². The molecule has 0 aliphatic carbocycles. The van der Waals surface area contributed by atoms with Crippen molar-refractivity contribution in [3.63, 3.8) is 0 Å². The Kier molecular flexibility index (Phi) is 5.41. The van der Waals surface area contributed by atoms with Gasteiger partial charge in [0.25, 0.3) is 0 Å². The number of nitrogen functional groups attached to an aromatic ring is 1. The molecule has 3 aromatic rings. The zero-order chi connectivity index (χ0) is 18.7. The molecule has 5 nitrogen and oxygen atoms in total. The van der Waals surface area contributed by atoms with E-state index in [4.69, 9.17) is 10.6 Å². The normalized spacial score (nSPS) is 10.9. The zero-order valence-corrected chi connectivity index (χ0v) is 15.2. The van der Waals surface area contributed by atoms with Crippen molar-refractivity contribution >= 4 is 11.8 Å². The molecule has 0 aliphatic rings. The lowest BCUT2D eigenvalue weighted by atomic mass is 10.1. The van der Waals surface area contributed by atoms with Crippen molar-refractivity contribution in [3.05, 3.63) is 70.5 Å². The number of hydrogen-bond donors (Lipinski definition) is 1. The lowest BCUT2D eigenvalue weighted by Gasteiger charge is -2.08. The smallest absolute Gasteiger partial charge is 0.210 e. The van der Waals surface area contributed by atoms with Crippen LogP contribution in [-0.2, 0) is 12.4 Å². The molecule has 2 aromatic carbocycles. The van der Waals surface area contributed by atoms with E-state index in [2.05, 4.69) is 16.3 Å². The van der Waals surface area contributed by atoms with Crippen LogP contribution in [0.4, 0.5) is 8.78 Å². The van der Waals surface area contributed by atoms with E-state index in [-0.39, 0.29) is 17.9 Å². The molecule has 26 heavy (non-hydrogen) atoms. The number of aryl methyl sites for hydroxylation is 2. The van der Waals surface area contributed by atoms with Crippen LogP contribution in [0, 0.1) is 25.5 Å². The predicted molar refractivity (Wildman–Crippen MR) is 96.3 cm³/mol. The first-order valence-electron chi connectivity index (χ1n) is 7.90. The monoisotopic (exact) mass is 376 g/mol. The summed E-state index contributed by atoms with van der Waals surface area (Å²) in [5.74, 6) is 5.60. The van der Waals surface area contributed by atoms with Crippen LogP contribution in [0.2, 0.25) is 0 Å². The van der Waals surface area contributed by atoms with E-state index in [9.17, 15) is 8.78 Å². The Hall–Kier alpha value is -2.61. The third-order valence-electron chi connectivity index (χ3n) is 3.69. The largest absolute Gasteiger partial charge is 0.486 e. The minimum absolute atomic E-state index is 0.154. The summed E-state index contributed by atoms with van der Waals surface area (Å²) in [6.45, 7) is 4.14. The fourth-order valence-electron chi connectivity index (χ4n) is 2.47. The Labute approximate surface area is 154 Å². The fraction of sp³-hybridized carbons (Fsp3) is 0.222. The van der Waals surface area contributed by atoms with E-state index < -0.39 is 11.6 Å². The molecule has 0 radical (unpaired) electrons. The standard InChI is InChI=1S/C18H18F2N4OS/c1-11-6-12(2)8-14(7-11)25-9-16-22-23-18(24(16)21)26-10-13-4-3-5-15(19)17(13)20/h3-8H,9-10,21H2,1-2H3. The average molecular weight is 376 g/mol. The molecule has 1 heterocycles. The lowest BCUT2D eigenvalue weighted by Crippen LogP contribution is -2.15. The third kappa shape index (κ3) is 4.13. The first kappa shape index (κ1) is 18.2. The van der Waals surface area contributed by atoms with Gasteiger partial charge in [-0.1, -0.05) is 30.0 Å². The molecule has 0 saturated heterocycles. The highest BCUT2D eigenvalue weighted by Crippen LogP contribution is 2.24. The minimum Gasteiger partial charge on any atom is -0.486 e. The molecule has 3 rings (SSSR count). The van der Waals surface area contributed by atoms with Gasteiger partial charge in [-0.15, -0.1) is 10.2 Å². The van der Waals surface area contributed by atoms with E-state index in [1.54, 1.807) is 0 Å². The van der Waals surface area contributed by atoms with Crippen molar-refractivity contribution in [2.24, 2.45) is 0 Å². The second-order valence-corrected chi connectivity index (χ2v) is 6.83. The van der Waals surface area contributed by atoms with Crippen LogP contribution in [0.25, 0.3) is 0 Å². The molecule has 1 aromatic heterocycles. The number of aromatic nitrogens is 3. The van der Waals surface area contributed by atoms with Gasteiger partial charge in [-0.05, 0) is 43.2 Å². The first-order chi connectivity index (χ1) is 12.4. The molecule has 2 N–H and O–H groups in total. The summed E-state index contributed by atoms with van der Waals surface area (Å²) in [5, 5.41) is 8.38. The molecule has 0 fully saturated rings. The van der Waals surface area contributed by atoms with Gasteiger partial charge >= 0.3 is 0 Å². The second kappa shape index (κ2) is 7.74. The summed E-state index contributed by atoms with van der Waals surface area (Å²) >= 11 is 1.17. The highest BCUT2D eigenvalue weighted by atomic mass is 32.2. The second-order valence-electron chi connectivity index (χ2n) is 5.88. The number of ether oxygens (including phenoxy) is 1. The van der Waals surface area contributed by atoms with Crippen molar-refractivity contribution in [1.82, 2.24) is 14.9 Å². The molecular formula is C18H18F2N4OS. The van der Waals surface area contributed by atoms with Crippen molar-refractivity contribution in [2.45, 2.75) is 31.4 Å². The molecule has 8 heteroatoms. The zero-order valence-electron chi connectivity index (χ0n) is 14.4. The minimum atomic E-state index is -0.875. The molecule has 0 atom stereocenters. The van der Waals surface area contributed by atoms with E-state index in [1.807, 2.05) is 26.0 Å². The predicted octanol–water partition coefficient (Wildman–Crippen LogP) is 3.76. The molecule has 136 valence electrons. The Morgan fingerprint density at radius 2 is 1.85 bits per heavy atom. The molecule has 0 saturated carbocycles. The summed E-state index contributed by atoms with van der Waals surface area (Å²) in [7, 11) is 0. The number of thioether (sulfide) groups is 1. The summed E-state index contributed by atoms with van der Waals surface area (Å²) < 4.78 is 34.0. The topological polar surface area (TPSA) is 66.0 Å². The van der Waals surface area contributed by atoms with Crippen LogP contribution >= 0.6 is 11.8 Å². The molecule has 0 bridgehead atoms. The number of benzene rings is 2. The summed E-state index contributed by atoms with van der Waals surface area (Å²) in [6, 6.07) is 9.96. The Balaban J connectivity index is 1.65. The Morgan fingerprint density at radius 3 is 2.58 bits per heavy atom. The van der Waals surface area contributed by atoms with Crippen LogP contribution in [0.15, 0.2) is 41.6 Å². The number of rotatable bonds is 6. The van der Waals surface area contributed by atoms with Crippen molar-refractivity contribution in [3.8, 4) is 5.75 Å². The van der Waals surface area contributed by atoms with Crippen molar-refractivity contribution in [1.29, 1.82) is 0 Å². The van der Waals surface area contributed by atoms with Crippen LogP contribution in [0.3, 0.4) is 0 Å². The summed E-state index contributed by atoms with van der Waals surface area (Å²) in [5.41, 5.74) is 2.44. The van der Waals surface area contributed by atoms with E-state index in [1.165, 1.54) is 28.6 Å². The van der Waals surface area contributed by atoms with Gasteiger partial charge in [0.15, 0.2) is 17.5 Å². The average Bonchev–Trinajstić information content (AvgIpc) is 2.94. The van der Waals surface area contributed by atoms with Gasteiger partial charge in [0.2, 0.25) is 5.16 Å². The van der Waals surface area contributed by atoms with Gasteiger partial charge in [-0.2, -0.15) is 0 Å². The highest BCUT2D eigenvalue weighted by molar-refractivity contribution is 7.98. The van der Waals surface area contributed by atoms with Crippen molar-refractivity contribution in [2.75, 3.05) is 5.84 Å². The van der Waals surface area contributed by atoms with Gasteiger partial charge in [0.05, 0.1) is 0 Å². The first-order valence-corrected chi connectivity index (χ1v) is 8.88. The maximum atomic E-state index is 13.7. The number of nitrogens with two attached hydrogens (primary N) is 1. The van der Waals surface area contributed by atoms with Gasteiger partial charge in [0.1, 0.15) is 12.4 Å². The van der Waals surface area contributed by atoms with Crippen LogP contribution in [0.5, 0.6) is 5.75 Å². The maximum absolute atomic E-state index is 13.7. The summed E-state index contributed by atoms with van der Waals surface area (Å²) in [4.78, 5) is 0. The van der Waals surface area contributed by atoms with E-state index in [0.29, 0.717) is 11.0 Å². The Bertz CT molecular complexity index is 909. The van der Waals surface area contributed by atoms with Gasteiger partial charge in [-0.3, -0.25) is 0 Å². The van der Waals surface area contributed by atoms with Crippen LogP contribution in [0.1, 0.15) is 22.5 Å². The number of nitrogens with zero attached hydrogens (tertiary/aromatic N) is 3. The Morgan fingerprint density at radius 1 is 1.12 bits per heavy atom. The molecule has 0 spiro atoms. The maximum Gasteiger partial charge on any atom is 0.210 e. The van der Waals surface area contributed by atoms with Crippen molar-refractivity contribution < 1.29 is 13.5 Å². The van der Waals surface area contributed by atoms with Gasteiger partial charge in [0, 0.05) is 11.3 Å². The SMILES string of the molecule is Cc1cc(C)cc(OCc2nnc(SCc3cccc(F)c3F)n2N)c1. The van der Waals surface area contributed by atoms with Gasteiger partial charge < -0.3 is 10.6 Å². The molecule has 0 amide bonds. The number of hydrogen-bond acceptors (Lipinski definition) is 5. The molecule has 0 unspecified atom stereocenters. The van der Waals surface area contributed by atoms with E-state index in [0.717, 1.165) is 22.9 Å². The third-order valence-corrected chi connectivity index (χ3v) is 4.68. The molecule has 0 aliphatic heterocycles. The lowest BCUT2D eigenvalue weighted by molar-refractivity contribution is 0.291.